The van der Waals surface area contributed by atoms with Crippen LogP contribution in [-0.4, -0.2) is 19.7 Å². The SMILES string of the molecule is Cn1cnnc1SCc1nc(Cl)ccc1Cl. The number of thioether (sulfide) groups is 1. The quantitative estimate of drug-likeness (QED) is 0.638. The van der Waals surface area contributed by atoms with Crippen LogP contribution >= 0.6 is 35.0 Å². The zero-order valence-electron chi connectivity index (χ0n) is 8.39. The van der Waals surface area contributed by atoms with E-state index in [9.17, 15) is 0 Å². The van der Waals surface area contributed by atoms with E-state index in [1.807, 2.05) is 11.6 Å². The van der Waals surface area contributed by atoms with E-state index in [0.717, 1.165) is 10.9 Å². The van der Waals surface area contributed by atoms with E-state index in [0.29, 0.717) is 15.9 Å². The normalized spacial score (nSPS) is 10.7. The van der Waals surface area contributed by atoms with Gasteiger partial charge in [-0.25, -0.2) is 4.98 Å². The first-order valence-electron chi connectivity index (χ1n) is 4.44. The lowest BCUT2D eigenvalue weighted by molar-refractivity contribution is 0.788. The van der Waals surface area contributed by atoms with Gasteiger partial charge >= 0.3 is 0 Å². The number of hydrogen-bond acceptors (Lipinski definition) is 4. The molecule has 0 N–H and O–H groups in total. The van der Waals surface area contributed by atoms with Gasteiger partial charge in [-0.3, -0.25) is 0 Å². The number of pyridine rings is 1. The van der Waals surface area contributed by atoms with Crippen LogP contribution in [0, 0.1) is 0 Å². The summed E-state index contributed by atoms with van der Waals surface area (Å²) in [6.07, 6.45) is 1.65. The van der Waals surface area contributed by atoms with Crippen molar-refractivity contribution in [1.82, 2.24) is 19.7 Å². The smallest absolute Gasteiger partial charge is 0.191 e. The van der Waals surface area contributed by atoms with Crippen molar-refractivity contribution in [2.45, 2.75) is 10.9 Å². The molecule has 0 aromatic carbocycles. The number of hydrogen-bond donors (Lipinski definition) is 0. The number of nitrogens with zero attached hydrogens (tertiary/aromatic N) is 4. The summed E-state index contributed by atoms with van der Waals surface area (Å²) in [4.78, 5) is 4.16. The van der Waals surface area contributed by atoms with Crippen molar-refractivity contribution < 1.29 is 0 Å². The Hall–Kier alpha value is -0.780. The van der Waals surface area contributed by atoms with E-state index in [1.165, 1.54) is 11.8 Å². The number of aromatic nitrogens is 4. The molecule has 0 aliphatic carbocycles. The largest absolute Gasteiger partial charge is 0.312 e. The van der Waals surface area contributed by atoms with Gasteiger partial charge in [0.2, 0.25) is 0 Å². The highest BCUT2D eigenvalue weighted by Gasteiger charge is 2.07. The molecular formula is C9H8Cl2N4S. The zero-order chi connectivity index (χ0) is 11.5. The highest BCUT2D eigenvalue weighted by atomic mass is 35.5. The van der Waals surface area contributed by atoms with E-state index in [2.05, 4.69) is 15.2 Å². The van der Waals surface area contributed by atoms with Gasteiger partial charge in [0.05, 0.1) is 10.7 Å². The summed E-state index contributed by atoms with van der Waals surface area (Å²) in [5.41, 5.74) is 0.752. The highest BCUT2D eigenvalue weighted by molar-refractivity contribution is 7.98. The van der Waals surface area contributed by atoms with Gasteiger partial charge in [-0.05, 0) is 12.1 Å². The number of aryl methyl sites for hydroxylation is 1. The molecule has 16 heavy (non-hydrogen) atoms. The molecular weight excluding hydrogens is 267 g/mol. The molecule has 0 aliphatic rings. The van der Waals surface area contributed by atoms with Crippen molar-refractivity contribution in [1.29, 1.82) is 0 Å². The van der Waals surface area contributed by atoms with Gasteiger partial charge in [0.1, 0.15) is 11.5 Å². The fourth-order valence-electron chi connectivity index (χ4n) is 1.10. The van der Waals surface area contributed by atoms with Crippen LogP contribution in [0.5, 0.6) is 0 Å². The lowest BCUT2D eigenvalue weighted by atomic mass is 10.4. The molecule has 0 spiro atoms. The average molecular weight is 275 g/mol. The Kier molecular flexibility index (Phi) is 3.68. The molecule has 4 nitrogen and oxygen atoms in total. The molecule has 84 valence electrons. The fourth-order valence-corrected chi connectivity index (χ4v) is 2.35. The first kappa shape index (κ1) is 11.7. The molecule has 0 aliphatic heterocycles. The zero-order valence-corrected chi connectivity index (χ0v) is 10.7. The van der Waals surface area contributed by atoms with E-state index >= 15 is 0 Å². The molecule has 2 rings (SSSR count). The minimum Gasteiger partial charge on any atom is -0.312 e. The Morgan fingerprint density at radius 1 is 1.38 bits per heavy atom. The summed E-state index contributed by atoms with van der Waals surface area (Å²) < 4.78 is 1.84. The van der Waals surface area contributed by atoms with Gasteiger partial charge in [0, 0.05) is 12.8 Å². The standard InChI is InChI=1S/C9H8Cl2N4S/c1-15-5-12-14-9(15)16-4-7-6(10)2-3-8(11)13-7/h2-3,5H,4H2,1H3. The molecule has 0 amide bonds. The summed E-state index contributed by atoms with van der Waals surface area (Å²) in [7, 11) is 1.88. The van der Waals surface area contributed by atoms with Crippen molar-refractivity contribution in [2.24, 2.45) is 7.05 Å². The maximum absolute atomic E-state index is 6.00. The molecule has 0 atom stereocenters. The Labute approximate surface area is 107 Å². The Morgan fingerprint density at radius 2 is 2.19 bits per heavy atom. The fraction of sp³-hybridized carbons (Fsp3) is 0.222. The van der Waals surface area contributed by atoms with E-state index in [4.69, 9.17) is 23.2 Å². The van der Waals surface area contributed by atoms with Gasteiger partial charge in [0.25, 0.3) is 0 Å². The minimum atomic E-state index is 0.443. The summed E-state index contributed by atoms with van der Waals surface area (Å²) in [6, 6.07) is 3.41. The maximum Gasteiger partial charge on any atom is 0.191 e. The molecule has 0 fully saturated rings. The van der Waals surface area contributed by atoms with Crippen LogP contribution in [0.2, 0.25) is 10.2 Å². The predicted octanol–water partition coefficient (Wildman–Crippen LogP) is 2.81. The van der Waals surface area contributed by atoms with Gasteiger partial charge in [-0.2, -0.15) is 0 Å². The van der Waals surface area contributed by atoms with Gasteiger partial charge in [-0.15, -0.1) is 10.2 Å². The summed E-state index contributed by atoms with van der Waals surface area (Å²) >= 11 is 13.3. The Balaban J connectivity index is 2.10. The third-order valence-electron chi connectivity index (χ3n) is 1.89. The van der Waals surface area contributed by atoms with Crippen molar-refractivity contribution in [2.75, 3.05) is 0 Å². The molecule has 2 aromatic heterocycles. The van der Waals surface area contributed by atoms with Crippen LogP contribution in [0.15, 0.2) is 23.6 Å². The molecule has 0 radical (unpaired) electrons. The first-order valence-corrected chi connectivity index (χ1v) is 6.18. The van der Waals surface area contributed by atoms with Crippen LogP contribution in [0.3, 0.4) is 0 Å². The topological polar surface area (TPSA) is 43.6 Å². The van der Waals surface area contributed by atoms with Crippen LogP contribution in [0.1, 0.15) is 5.69 Å². The van der Waals surface area contributed by atoms with Crippen LogP contribution in [0.4, 0.5) is 0 Å². The van der Waals surface area contributed by atoms with Crippen molar-refractivity contribution in [3.8, 4) is 0 Å². The van der Waals surface area contributed by atoms with Crippen molar-refractivity contribution in [3.05, 3.63) is 34.3 Å². The monoisotopic (exact) mass is 274 g/mol. The lowest BCUT2D eigenvalue weighted by Gasteiger charge is -2.03. The molecule has 0 saturated carbocycles. The minimum absolute atomic E-state index is 0.443. The Bertz CT molecular complexity index is 500. The van der Waals surface area contributed by atoms with Gasteiger partial charge < -0.3 is 4.57 Å². The molecule has 2 aromatic rings. The third kappa shape index (κ3) is 2.66. The number of rotatable bonds is 3. The van der Waals surface area contributed by atoms with Crippen LogP contribution < -0.4 is 0 Å². The molecule has 2 heterocycles. The average Bonchev–Trinajstić information content (AvgIpc) is 2.66. The van der Waals surface area contributed by atoms with E-state index in [1.54, 1.807) is 18.5 Å². The molecule has 0 bridgehead atoms. The lowest BCUT2D eigenvalue weighted by Crippen LogP contribution is -1.92. The maximum atomic E-state index is 6.00. The van der Waals surface area contributed by atoms with Gasteiger partial charge in [0.15, 0.2) is 5.16 Å². The van der Waals surface area contributed by atoms with E-state index in [-0.39, 0.29) is 0 Å². The van der Waals surface area contributed by atoms with Crippen LogP contribution in [0.25, 0.3) is 0 Å². The second-order valence-electron chi connectivity index (χ2n) is 3.08. The first-order chi connectivity index (χ1) is 7.66. The van der Waals surface area contributed by atoms with Crippen molar-refractivity contribution >= 4 is 35.0 Å². The number of halogens is 2. The highest BCUT2D eigenvalue weighted by Crippen LogP contribution is 2.24. The summed E-state index contributed by atoms with van der Waals surface area (Å²) in [5, 5.41) is 9.61. The predicted molar refractivity (Wildman–Crippen MR) is 64.8 cm³/mol. The van der Waals surface area contributed by atoms with Crippen molar-refractivity contribution in [3.63, 3.8) is 0 Å². The molecule has 7 heteroatoms. The van der Waals surface area contributed by atoms with E-state index < -0.39 is 0 Å². The van der Waals surface area contributed by atoms with Crippen LogP contribution in [-0.2, 0) is 12.8 Å². The van der Waals surface area contributed by atoms with Gasteiger partial charge in [-0.1, -0.05) is 35.0 Å². The second-order valence-corrected chi connectivity index (χ2v) is 4.81. The third-order valence-corrected chi connectivity index (χ3v) is 3.49. The summed E-state index contributed by atoms with van der Waals surface area (Å²) in [6.45, 7) is 0. The molecule has 0 unspecified atom stereocenters. The Morgan fingerprint density at radius 3 is 2.88 bits per heavy atom. The second kappa shape index (κ2) is 5.03. The molecule has 0 saturated heterocycles. The summed E-state index contributed by atoms with van der Waals surface area (Å²) in [5.74, 6) is 0.617.